The van der Waals surface area contributed by atoms with Gasteiger partial charge in [0.15, 0.2) is 0 Å². The average Bonchev–Trinajstić information content (AvgIpc) is 2.86. The highest BCUT2D eigenvalue weighted by atomic mass is 32.2. The highest BCUT2D eigenvalue weighted by Gasteiger charge is 2.34. The van der Waals surface area contributed by atoms with Crippen molar-refractivity contribution < 1.29 is 23.1 Å². The van der Waals surface area contributed by atoms with Crippen LogP contribution in [0.25, 0.3) is 0 Å². The Morgan fingerprint density at radius 3 is 2.63 bits per heavy atom. The first kappa shape index (κ1) is 14.7. The zero-order chi connectivity index (χ0) is 13.9. The van der Waals surface area contributed by atoms with Gasteiger partial charge >= 0.3 is 5.97 Å². The minimum absolute atomic E-state index is 0.103. The van der Waals surface area contributed by atoms with Crippen molar-refractivity contribution in [3.8, 4) is 0 Å². The second-order valence-electron chi connectivity index (χ2n) is 5.00. The molecule has 2 rings (SSSR count). The van der Waals surface area contributed by atoms with Gasteiger partial charge in [0.2, 0.25) is 0 Å². The third-order valence-electron chi connectivity index (χ3n) is 3.81. The van der Waals surface area contributed by atoms with E-state index in [0.29, 0.717) is 32.7 Å². The van der Waals surface area contributed by atoms with Crippen LogP contribution in [0.4, 0.5) is 0 Å². The zero-order valence-electron chi connectivity index (χ0n) is 10.7. The maximum Gasteiger partial charge on any atom is 0.306 e. The Hall–Kier alpha value is -0.700. The third-order valence-corrected chi connectivity index (χ3v) is 5.39. The SMILES string of the molecule is O=C(O)C1CCCC1CNS(=O)(=O)N1CCOCC1. The van der Waals surface area contributed by atoms with Gasteiger partial charge in [0, 0.05) is 19.6 Å². The Kier molecular flexibility index (Phi) is 4.77. The largest absolute Gasteiger partial charge is 0.481 e. The Labute approximate surface area is 113 Å². The van der Waals surface area contributed by atoms with E-state index in [1.165, 1.54) is 4.31 Å². The lowest BCUT2D eigenvalue weighted by atomic mass is 9.97. The molecule has 1 saturated heterocycles. The van der Waals surface area contributed by atoms with Crippen molar-refractivity contribution in [3.05, 3.63) is 0 Å². The summed E-state index contributed by atoms with van der Waals surface area (Å²) in [6.07, 6.45) is 2.25. The summed E-state index contributed by atoms with van der Waals surface area (Å²) in [4.78, 5) is 11.0. The summed E-state index contributed by atoms with van der Waals surface area (Å²) in [6, 6.07) is 0. The Balaban J connectivity index is 1.88. The second-order valence-corrected chi connectivity index (χ2v) is 6.76. The fraction of sp³-hybridized carbons (Fsp3) is 0.909. The Bertz CT molecular complexity index is 419. The van der Waals surface area contributed by atoms with Crippen LogP contribution in [0.3, 0.4) is 0 Å². The monoisotopic (exact) mass is 292 g/mol. The van der Waals surface area contributed by atoms with Crippen molar-refractivity contribution in [1.29, 1.82) is 0 Å². The molecule has 0 spiro atoms. The number of nitrogens with one attached hydrogen (secondary N) is 1. The zero-order valence-corrected chi connectivity index (χ0v) is 11.6. The molecule has 1 saturated carbocycles. The van der Waals surface area contributed by atoms with Gasteiger partial charge in [0.25, 0.3) is 10.2 Å². The summed E-state index contributed by atoms with van der Waals surface area (Å²) in [5.74, 6) is -1.35. The van der Waals surface area contributed by atoms with Crippen molar-refractivity contribution >= 4 is 16.2 Å². The molecule has 0 bridgehead atoms. The summed E-state index contributed by atoms with van der Waals surface area (Å²) in [7, 11) is -3.51. The molecule has 2 unspecified atom stereocenters. The lowest BCUT2D eigenvalue weighted by Crippen LogP contribution is -2.48. The average molecular weight is 292 g/mol. The normalized spacial score (nSPS) is 29.5. The highest BCUT2D eigenvalue weighted by molar-refractivity contribution is 7.87. The van der Waals surface area contributed by atoms with Crippen molar-refractivity contribution in [2.75, 3.05) is 32.8 Å². The molecule has 0 radical (unpaired) electrons. The van der Waals surface area contributed by atoms with Gasteiger partial charge in [-0.2, -0.15) is 12.7 Å². The number of ether oxygens (including phenoxy) is 1. The van der Waals surface area contributed by atoms with Crippen LogP contribution in [0.1, 0.15) is 19.3 Å². The summed E-state index contributed by atoms with van der Waals surface area (Å²) >= 11 is 0. The molecule has 1 heterocycles. The molecule has 0 amide bonds. The van der Waals surface area contributed by atoms with Crippen LogP contribution in [0.5, 0.6) is 0 Å². The minimum Gasteiger partial charge on any atom is -0.481 e. The Morgan fingerprint density at radius 1 is 1.32 bits per heavy atom. The van der Waals surface area contributed by atoms with Gasteiger partial charge in [-0.15, -0.1) is 0 Å². The van der Waals surface area contributed by atoms with E-state index in [9.17, 15) is 13.2 Å². The van der Waals surface area contributed by atoms with Gasteiger partial charge in [0.1, 0.15) is 0 Å². The number of rotatable bonds is 5. The first-order chi connectivity index (χ1) is 9.00. The molecular weight excluding hydrogens is 272 g/mol. The summed E-state index contributed by atoms with van der Waals surface area (Å²) in [5.41, 5.74) is 0. The minimum atomic E-state index is -3.51. The second kappa shape index (κ2) is 6.17. The molecule has 2 atom stereocenters. The van der Waals surface area contributed by atoms with E-state index in [2.05, 4.69) is 4.72 Å². The Morgan fingerprint density at radius 2 is 2.00 bits per heavy atom. The molecule has 0 aromatic rings. The number of carbonyl (C=O) groups is 1. The van der Waals surface area contributed by atoms with Gasteiger partial charge in [-0.1, -0.05) is 6.42 Å². The lowest BCUT2D eigenvalue weighted by molar-refractivity contribution is -0.142. The summed E-state index contributed by atoms with van der Waals surface area (Å²) in [6.45, 7) is 1.71. The van der Waals surface area contributed by atoms with E-state index in [0.717, 1.165) is 12.8 Å². The standard InChI is InChI=1S/C11H20N2O5S/c14-11(15)10-3-1-2-9(10)8-12-19(16,17)13-4-6-18-7-5-13/h9-10,12H,1-8H2,(H,14,15). The van der Waals surface area contributed by atoms with Crippen molar-refractivity contribution in [1.82, 2.24) is 9.03 Å². The molecule has 0 aromatic heterocycles. The predicted molar refractivity (Wildman–Crippen MR) is 67.8 cm³/mol. The van der Waals surface area contributed by atoms with Crippen molar-refractivity contribution in [2.24, 2.45) is 11.8 Å². The van der Waals surface area contributed by atoms with E-state index in [1.54, 1.807) is 0 Å². The number of carboxylic acids is 1. The molecule has 1 aliphatic heterocycles. The van der Waals surface area contributed by atoms with E-state index in [1.807, 2.05) is 0 Å². The number of nitrogens with zero attached hydrogens (tertiary/aromatic N) is 1. The summed E-state index contributed by atoms with van der Waals surface area (Å²) in [5, 5.41) is 9.06. The van der Waals surface area contributed by atoms with Gasteiger partial charge in [0.05, 0.1) is 19.1 Å². The molecule has 19 heavy (non-hydrogen) atoms. The van der Waals surface area contributed by atoms with E-state index in [-0.39, 0.29) is 12.5 Å². The summed E-state index contributed by atoms with van der Waals surface area (Å²) < 4.78 is 33.1. The van der Waals surface area contributed by atoms with Crippen LogP contribution >= 0.6 is 0 Å². The molecular formula is C11H20N2O5S. The molecule has 2 N–H and O–H groups in total. The van der Waals surface area contributed by atoms with Gasteiger partial charge < -0.3 is 9.84 Å². The topological polar surface area (TPSA) is 95.9 Å². The molecule has 0 aromatic carbocycles. The van der Waals surface area contributed by atoms with Gasteiger partial charge in [-0.05, 0) is 18.8 Å². The number of morpholine rings is 1. The highest BCUT2D eigenvalue weighted by Crippen LogP contribution is 2.31. The van der Waals surface area contributed by atoms with Crippen molar-refractivity contribution in [2.45, 2.75) is 19.3 Å². The van der Waals surface area contributed by atoms with E-state index in [4.69, 9.17) is 9.84 Å². The smallest absolute Gasteiger partial charge is 0.306 e. The van der Waals surface area contributed by atoms with Crippen LogP contribution in [0.15, 0.2) is 0 Å². The van der Waals surface area contributed by atoms with Gasteiger partial charge in [-0.25, -0.2) is 4.72 Å². The predicted octanol–water partition coefficient (Wildman–Crippen LogP) is -0.346. The van der Waals surface area contributed by atoms with Crippen LogP contribution in [0.2, 0.25) is 0 Å². The molecule has 2 aliphatic rings. The number of carboxylic acid groups (broad SMARTS) is 1. The van der Waals surface area contributed by atoms with Crippen LogP contribution in [-0.4, -0.2) is 56.6 Å². The molecule has 1 aliphatic carbocycles. The van der Waals surface area contributed by atoms with E-state index < -0.39 is 22.1 Å². The molecule has 7 nitrogen and oxygen atoms in total. The lowest BCUT2D eigenvalue weighted by Gasteiger charge is -2.27. The first-order valence-corrected chi connectivity index (χ1v) is 8.00. The van der Waals surface area contributed by atoms with E-state index >= 15 is 0 Å². The van der Waals surface area contributed by atoms with Crippen LogP contribution in [-0.2, 0) is 19.7 Å². The number of aliphatic carboxylic acids is 1. The third kappa shape index (κ3) is 3.65. The van der Waals surface area contributed by atoms with Crippen LogP contribution in [0, 0.1) is 11.8 Å². The molecule has 8 heteroatoms. The quantitative estimate of drug-likeness (QED) is 0.722. The number of hydrogen-bond donors (Lipinski definition) is 2. The fourth-order valence-electron chi connectivity index (χ4n) is 2.70. The van der Waals surface area contributed by atoms with Gasteiger partial charge in [-0.3, -0.25) is 4.79 Å². The maximum absolute atomic E-state index is 12.0. The van der Waals surface area contributed by atoms with Crippen LogP contribution < -0.4 is 4.72 Å². The number of hydrogen-bond acceptors (Lipinski definition) is 4. The van der Waals surface area contributed by atoms with Crippen molar-refractivity contribution in [3.63, 3.8) is 0 Å². The molecule has 110 valence electrons. The first-order valence-electron chi connectivity index (χ1n) is 6.56. The maximum atomic E-state index is 12.0. The fourth-order valence-corrected chi connectivity index (χ4v) is 3.93. The molecule has 2 fully saturated rings.